The van der Waals surface area contributed by atoms with Crippen LogP contribution in [0.5, 0.6) is 0 Å². The molecule has 0 aliphatic heterocycles. The lowest BCUT2D eigenvalue weighted by atomic mass is 9.94. The van der Waals surface area contributed by atoms with E-state index in [4.69, 9.17) is 5.73 Å². The number of benzene rings is 3. The Balaban J connectivity index is 0.000000428. The maximum atomic E-state index is 13.5. The molecule has 3 N–H and O–H groups in total. The first-order chi connectivity index (χ1) is 18.4. The van der Waals surface area contributed by atoms with Crippen LogP contribution in [0, 0.1) is 11.6 Å². The van der Waals surface area contributed by atoms with Crippen LogP contribution in [-0.4, -0.2) is 17.3 Å². The summed E-state index contributed by atoms with van der Waals surface area (Å²) in [4.78, 5) is 27.0. The molecule has 1 atom stereocenters. The molecule has 38 heavy (non-hydrogen) atoms. The average molecular weight is 518 g/mol. The van der Waals surface area contributed by atoms with Crippen molar-refractivity contribution < 1.29 is 18.4 Å². The molecule has 1 aromatic heterocycles. The van der Waals surface area contributed by atoms with Gasteiger partial charge in [0.1, 0.15) is 11.6 Å². The number of aryl methyl sites for hydroxylation is 1. The number of aromatic nitrogens is 1. The standard InChI is InChI=1S/C21H17F2N3O2.C8H10.C2H6/c22-16-7-13(8-17(23)11-16)9-19(26-12-27)20-18(5-2-6-25-20)14-3-1-4-15(10-14)21(24)28;1-2-8-6-4-3-5-7-8;1-2/h1-8,10-12,19H,9H2,(H2,24,28)(H,26,27);3-7H,2H2,1H3;1-2H3. The molecule has 0 aliphatic rings. The third kappa shape index (κ3) is 8.92. The summed E-state index contributed by atoms with van der Waals surface area (Å²) < 4.78 is 27.1. The van der Waals surface area contributed by atoms with Crippen LogP contribution in [0.2, 0.25) is 0 Å². The van der Waals surface area contributed by atoms with Crippen LogP contribution in [0.1, 0.15) is 54.0 Å². The highest BCUT2D eigenvalue weighted by Crippen LogP contribution is 2.29. The minimum Gasteiger partial charge on any atom is -0.366 e. The average Bonchev–Trinajstić information content (AvgIpc) is 2.94. The van der Waals surface area contributed by atoms with Gasteiger partial charge in [-0.25, -0.2) is 8.78 Å². The molecule has 0 fully saturated rings. The molecule has 5 nitrogen and oxygen atoms in total. The highest BCUT2D eigenvalue weighted by Gasteiger charge is 2.19. The summed E-state index contributed by atoms with van der Waals surface area (Å²) in [7, 11) is 0. The first kappa shape index (κ1) is 29.8. The molecule has 0 saturated carbocycles. The van der Waals surface area contributed by atoms with Crippen molar-refractivity contribution in [2.24, 2.45) is 5.73 Å². The lowest BCUT2D eigenvalue weighted by molar-refractivity contribution is -0.110. The maximum Gasteiger partial charge on any atom is 0.248 e. The smallest absolute Gasteiger partial charge is 0.248 e. The molecular weight excluding hydrogens is 484 g/mol. The molecule has 7 heteroatoms. The van der Waals surface area contributed by atoms with Crippen LogP contribution in [-0.2, 0) is 17.6 Å². The van der Waals surface area contributed by atoms with Gasteiger partial charge in [0.2, 0.25) is 12.3 Å². The van der Waals surface area contributed by atoms with Crippen molar-refractivity contribution in [3.63, 3.8) is 0 Å². The number of carbonyl (C=O) groups excluding carboxylic acids is 2. The molecule has 0 bridgehead atoms. The molecule has 2 amide bonds. The van der Waals surface area contributed by atoms with Crippen molar-refractivity contribution in [3.8, 4) is 11.1 Å². The fourth-order valence-corrected chi connectivity index (χ4v) is 3.77. The number of rotatable bonds is 8. The molecule has 0 saturated heterocycles. The fraction of sp³-hybridized carbons (Fsp3) is 0.194. The van der Waals surface area contributed by atoms with Crippen molar-refractivity contribution in [2.75, 3.05) is 0 Å². The summed E-state index contributed by atoms with van der Waals surface area (Å²) in [5.74, 6) is -1.96. The SMILES string of the molecule is CC.CCc1ccccc1.NC(=O)c1cccc(-c2cccnc2C(Cc2cc(F)cc(F)c2)NC=O)c1. The molecular formula is C31H33F2N3O2. The van der Waals surface area contributed by atoms with E-state index in [9.17, 15) is 18.4 Å². The molecule has 4 aromatic rings. The van der Waals surface area contributed by atoms with Crippen LogP contribution in [0.25, 0.3) is 11.1 Å². The van der Waals surface area contributed by atoms with Gasteiger partial charge < -0.3 is 11.1 Å². The molecule has 0 aliphatic carbocycles. The summed E-state index contributed by atoms with van der Waals surface area (Å²) in [5, 5.41) is 2.65. The van der Waals surface area contributed by atoms with Gasteiger partial charge in [0.25, 0.3) is 0 Å². The Kier molecular flexibility index (Phi) is 12.3. The quantitative estimate of drug-likeness (QED) is 0.264. The van der Waals surface area contributed by atoms with Gasteiger partial charge in [0.15, 0.2) is 0 Å². The number of hydrogen-bond donors (Lipinski definition) is 2. The Hall–Kier alpha value is -4.39. The van der Waals surface area contributed by atoms with E-state index < -0.39 is 23.6 Å². The van der Waals surface area contributed by atoms with E-state index in [0.29, 0.717) is 34.4 Å². The van der Waals surface area contributed by atoms with Gasteiger partial charge in [-0.3, -0.25) is 14.6 Å². The van der Waals surface area contributed by atoms with Crippen molar-refractivity contribution >= 4 is 12.3 Å². The number of pyridine rings is 1. The van der Waals surface area contributed by atoms with Gasteiger partial charge in [0.05, 0.1) is 11.7 Å². The van der Waals surface area contributed by atoms with E-state index >= 15 is 0 Å². The summed E-state index contributed by atoms with van der Waals surface area (Å²) in [6.07, 6.45) is 3.34. The van der Waals surface area contributed by atoms with Gasteiger partial charge >= 0.3 is 0 Å². The Morgan fingerprint density at radius 3 is 2.18 bits per heavy atom. The topological polar surface area (TPSA) is 85.1 Å². The zero-order valence-corrected chi connectivity index (χ0v) is 21.8. The molecule has 198 valence electrons. The van der Waals surface area contributed by atoms with Crippen molar-refractivity contribution in [2.45, 2.75) is 39.7 Å². The van der Waals surface area contributed by atoms with E-state index in [0.717, 1.165) is 12.5 Å². The second-order valence-electron chi connectivity index (χ2n) is 8.04. The number of carbonyl (C=O) groups is 2. The second kappa shape index (κ2) is 15.7. The van der Waals surface area contributed by atoms with Crippen LogP contribution in [0.3, 0.4) is 0 Å². The monoisotopic (exact) mass is 517 g/mol. The van der Waals surface area contributed by atoms with Crippen molar-refractivity contribution in [1.82, 2.24) is 10.3 Å². The summed E-state index contributed by atoms with van der Waals surface area (Å²) in [6.45, 7) is 6.16. The molecule has 4 rings (SSSR count). The van der Waals surface area contributed by atoms with Crippen molar-refractivity contribution in [1.29, 1.82) is 0 Å². The number of nitrogens with zero attached hydrogens (tertiary/aromatic N) is 1. The van der Waals surface area contributed by atoms with Crippen LogP contribution < -0.4 is 11.1 Å². The second-order valence-corrected chi connectivity index (χ2v) is 8.04. The highest BCUT2D eigenvalue weighted by molar-refractivity contribution is 5.94. The number of hydrogen-bond acceptors (Lipinski definition) is 3. The molecule has 0 radical (unpaired) electrons. The largest absolute Gasteiger partial charge is 0.366 e. The van der Waals surface area contributed by atoms with E-state index in [1.54, 1.807) is 42.6 Å². The minimum atomic E-state index is -0.699. The summed E-state index contributed by atoms with van der Waals surface area (Å²) in [6, 6.07) is 23.2. The lowest BCUT2D eigenvalue weighted by Gasteiger charge is -2.19. The van der Waals surface area contributed by atoms with Crippen molar-refractivity contribution in [3.05, 3.63) is 125 Å². The Morgan fingerprint density at radius 2 is 1.61 bits per heavy atom. The Morgan fingerprint density at radius 1 is 0.921 bits per heavy atom. The lowest BCUT2D eigenvalue weighted by Crippen LogP contribution is -2.23. The number of nitrogens with two attached hydrogens (primary N) is 1. The predicted octanol–water partition coefficient (Wildman–Crippen LogP) is 6.43. The van der Waals surface area contributed by atoms with Gasteiger partial charge in [-0.1, -0.05) is 69.3 Å². The normalized spacial score (nSPS) is 10.7. The van der Waals surface area contributed by atoms with E-state index in [2.05, 4.69) is 41.5 Å². The number of halogens is 2. The predicted molar refractivity (Wildman–Crippen MR) is 147 cm³/mol. The molecule has 1 unspecified atom stereocenters. The highest BCUT2D eigenvalue weighted by atomic mass is 19.1. The van der Waals surface area contributed by atoms with Crippen LogP contribution in [0.15, 0.2) is 91.1 Å². The molecule has 3 aromatic carbocycles. The third-order valence-corrected chi connectivity index (χ3v) is 5.51. The minimum absolute atomic E-state index is 0.132. The summed E-state index contributed by atoms with van der Waals surface area (Å²) in [5.41, 5.74) is 9.32. The number of nitrogens with one attached hydrogen (secondary N) is 1. The zero-order valence-electron chi connectivity index (χ0n) is 21.8. The van der Waals surface area contributed by atoms with Gasteiger partial charge in [-0.05, 0) is 59.9 Å². The number of primary amides is 1. The van der Waals surface area contributed by atoms with Crippen LogP contribution >= 0.6 is 0 Å². The van der Waals surface area contributed by atoms with Gasteiger partial charge in [-0.2, -0.15) is 0 Å². The Bertz CT molecular complexity index is 1290. The number of amides is 2. The third-order valence-electron chi connectivity index (χ3n) is 5.51. The van der Waals surface area contributed by atoms with E-state index in [1.165, 1.54) is 17.7 Å². The maximum absolute atomic E-state index is 13.5. The van der Waals surface area contributed by atoms with Crippen LogP contribution in [0.4, 0.5) is 8.78 Å². The summed E-state index contributed by atoms with van der Waals surface area (Å²) >= 11 is 0. The molecule has 0 spiro atoms. The van der Waals surface area contributed by atoms with E-state index in [1.807, 2.05) is 19.9 Å². The van der Waals surface area contributed by atoms with E-state index in [-0.39, 0.29) is 6.42 Å². The Labute approximate surface area is 222 Å². The first-order valence-electron chi connectivity index (χ1n) is 12.4. The molecule has 1 heterocycles. The zero-order chi connectivity index (χ0) is 27.9. The fourth-order valence-electron chi connectivity index (χ4n) is 3.77. The van der Waals surface area contributed by atoms with Gasteiger partial charge in [0, 0.05) is 23.4 Å². The first-order valence-corrected chi connectivity index (χ1v) is 12.4. The van der Waals surface area contributed by atoms with Gasteiger partial charge in [-0.15, -0.1) is 0 Å².